The van der Waals surface area contributed by atoms with Crippen LogP contribution in [0, 0.1) is 0 Å². The van der Waals surface area contributed by atoms with E-state index in [-0.39, 0.29) is 0 Å². The van der Waals surface area contributed by atoms with Gasteiger partial charge in [0.05, 0.1) is 18.6 Å². The molecule has 0 aliphatic rings. The van der Waals surface area contributed by atoms with Gasteiger partial charge in [0.15, 0.2) is 11.5 Å². The molecule has 0 aliphatic heterocycles. The quantitative estimate of drug-likeness (QED) is 0.654. The third kappa shape index (κ3) is 2.51. The molecule has 0 fully saturated rings. The van der Waals surface area contributed by atoms with Gasteiger partial charge in [0.2, 0.25) is 5.95 Å². The van der Waals surface area contributed by atoms with Crippen LogP contribution < -0.4 is 10.6 Å². The summed E-state index contributed by atoms with van der Waals surface area (Å²) in [5.74, 6) is 1.28. The van der Waals surface area contributed by atoms with Crippen molar-refractivity contribution in [3.05, 3.63) is 36.4 Å². The van der Waals surface area contributed by atoms with Crippen LogP contribution in [0.1, 0.15) is 12.6 Å². The van der Waals surface area contributed by atoms with E-state index in [0.717, 1.165) is 17.8 Å². The van der Waals surface area contributed by atoms with Crippen molar-refractivity contribution in [3.8, 4) is 0 Å². The van der Waals surface area contributed by atoms with Crippen LogP contribution in [-0.4, -0.2) is 31.5 Å². The highest BCUT2D eigenvalue weighted by atomic mass is 15.2. The SMILES string of the molecule is CCNc1nc(NCc2ccccn2)c2[nH]cnc2n1. The maximum Gasteiger partial charge on any atom is 0.226 e. The first-order chi connectivity index (χ1) is 9.86. The van der Waals surface area contributed by atoms with Crippen LogP contribution in [0.2, 0.25) is 0 Å². The smallest absolute Gasteiger partial charge is 0.226 e. The fourth-order valence-corrected chi connectivity index (χ4v) is 1.88. The van der Waals surface area contributed by atoms with Gasteiger partial charge in [-0.3, -0.25) is 4.98 Å². The number of hydrogen-bond acceptors (Lipinski definition) is 6. The second kappa shape index (κ2) is 5.52. The van der Waals surface area contributed by atoms with E-state index in [1.807, 2.05) is 25.1 Å². The van der Waals surface area contributed by atoms with Crippen LogP contribution >= 0.6 is 0 Å². The average molecular weight is 269 g/mol. The molecule has 3 heterocycles. The third-order valence-electron chi connectivity index (χ3n) is 2.78. The number of anilines is 2. The number of rotatable bonds is 5. The van der Waals surface area contributed by atoms with Crippen molar-refractivity contribution in [2.45, 2.75) is 13.5 Å². The van der Waals surface area contributed by atoms with Gasteiger partial charge in [-0.05, 0) is 19.1 Å². The number of aromatic amines is 1. The number of pyridine rings is 1. The Morgan fingerprint density at radius 3 is 2.90 bits per heavy atom. The average Bonchev–Trinajstić information content (AvgIpc) is 2.95. The summed E-state index contributed by atoms with van der Waals surface area (Å²) in [6.45, 7) is 3.35. The van der Waals surface area contributed by atoms with Crippen LogP contribution in [0.4, 0.5) is 11.8 Å². The first-order valence-corrected chi connectivity index (χ1v) is 6.45. The molecule has 0 aromatic carbocycles. The topological polar surface area (TPSA) is 91.4 Å². The molecular formula is C13H15N7. The lowest BCUT2D eigenvalue weighted by molar-refractivity contribution is 1.02. The Morgan fingerprint density at radius 2 is 2.10 bits per heavy atom. The van der Waals surface area contributed by atoms with Crippen LogP contribution in [0.25, 0.3) is 11.2 Å². The molecule has 20 heavy (non-hydrogen) atoms. The summed E-state index contributed by atoms with van der Waals surface area (Å²) in [6, 6.07) is 5.81. The Kier molecular flexibility index (Phi) is 3.40. The molecule has 0 amide bonds. The maximum absolute atomic E-state index is 4.45. The van der Waals surface area contributed by atoms with E-state index in [0.29, 0.717) is 24.0 Å². The van der Waals surface area contributed by atoms with Crippen molar-refractivity contribution in [1.82, 2.24) is 24.9 Å². The molecule has 3 rings (SSSR count). The lowest BCUT2D eigenvalue weighted by Crippen LogP contribution is -2.08. The summed E-state index contributed by atoms with van der Waals surface area (Å²) < 4.78 is 0. The van der Waals surface area contributed by atoms with Crippen molar-refractivity contribution in [2.24, 2.45) is 0 Å². The predicted molar refractivity (Wildman–Crippen MR) is 77.4 cm³/mol. The fraction of sp³-hybridized carbons (Fsp3) is 0.231. The van der Waals surface area contributed by atoms with E-state index in [9.17, 15) is 0 Å². The molecule has 0 atom stereocenters. The van der Waals surface area contributed by atoms with Gasteiger partial charge in [0.25, 0.3) is 0 Å². The van der Waals surface area contributed by atoms with Crippen molar-refractivity contribution in [3.63, 3.8) is 0 Å². The highest BCUT2D eigenvalue weighted by Crippen LogP contribution is 2.18. The number of nitrogens with zero attached hydrogens (tertiary/aromatic N) is 4. The number of fused-ring (bicyclic) bond motifs is 1. The van der Waals surface area contributed by atoms with Crippen molar-refractivity contribution in [1.29, 1.82) is 0 Å². The zero-order valence-corrected chi connectivity index (χ0v) is 11.1. The number of nitrogens with one attached hydrogen (secondary N) is 3. The molecule has 3 N–H and O–H groups in total. The van der Waals surface area contributed by atoms with E-state index < -0.39 is 0 Å². The van der Waals surface area contributed by atoms with Gasteiger partial charge in [-0.2, -0.15) is 9.97 Å². The van der Waals surface area contributed by atoms with Gasteiger partial charge in [-0.15, -0.1) is 0 Å². The van der Waals surface area contributed by atoms with Crippen molar-refractivity contribution < 1.29 is 0 Å². The van der Waals surface area contributed by atoms with Gasteiger partial charge < -0.3 is 15.6 Å². The van der Waals surface area contributed by atoms with Crippen molar-refractivity contribution in [2.75, 3.05) is 17.2 Å². The molecule has 0 unspecified atom stereocenters. The molecule has 0 saturated heterocycles. The summed E-state index contributed by atoms with van der Waals surface area (Å²) in [7, 11) is 0. The second-order valence-electron chi connectivity index (χ2n) is 4.20. The lowest BCUT2D eigenvalue weighted by Gasteiger charge is -2.08. The number of aromatic nitrogens is 5. The summed E-state index contributed by atoms with van der Waals surface area (Å²) >= 11 is 0. The molecule has 3 aromatic heterocycles. The van der Waals surface area contributed by atoms with E-state index in [1.54, 1.807) is 12.5 Å². The van der Waals surface area contributed by atoms with Gasteiger partial charge in [0, 0.05) is 12.7 Å². The Bertz CT molecular complexity index is 692. The Balaban J connectivity index is 1.87. The second-order valence-corrected chi connectivity index (χ2v) is 4.20. The summed E-state index contributed by atoms with van der Waals surface area (Å²) in [4.78, 5) is 20.3. The molecule has 0 aliphatic carbocycles. The summed E-state index contributed by atoms with van der Waals surface area (Å²) in [6.07, 6.45) is 3.38. The molecule has 102 valence electrons. The zero-order valence-electron chi connectivity index (χ0n) is 11.1. The number of hydrogen-bond donors (Lipinski definition) is 3. The van der Waals surface area contributed by atoms with Gasteiger partial charge in [-0.25, -0.2) is 4.98 Å². The van der Waals surface area contributed by atoms with E-state index >= 15 is 0 Å². The van der Waals surface area contributed by atoms with Crippen LogP contribution in [-0.2, 0) is 6.54 Å². The predicted octanol–water partition coefficient (Wildman–Crippen LogP) is 1.79. The standard InChI is InChI=1S/C13H15N7/c1-2-14-13-19-11(10-12(20-13)18-8-17-10)16-7-9-5-3-4-6-15-9/h3-6,8H,2,7H2,1H3,(H3,14,16,17,18,19,20). The highest BCUT2D eigenvalue weighted by molar-refractivity contribution is 5.83. The zero-order chi connectivity index (χ0) is 13.8. The van der Waals surface area contributed by atoms with Crippen LogP contribution in [0.5, 0.6) is 0 Å². The Hall–Kier alpha value is -2.70. The summed E-state index contributed by atoms with van der Waals surface area (Å²) in [5.41, 5.74) is 2.38. The maximum atomic E-state index is 4.45. The largest absolute Gasteiger partial charge is 0.362 e. The van der Waals surface area contributed by atoms with E-state index in [2.05, 4.69) is 35.6 Å². The lowest BCUT2D eigenvalue weighted by atomic mass is 10.3. The molecule has 0 saturated carbocycles. The first-order valence-electron chi connectivity index (χ1n) is 6.45. The molecule has 7 nitrogen and oxygen atoms in total. The highest BCUT2D eigenvalue weighted by Gasteiger charge is 2.09. The normalized spacial score (nSPS) is 10.7. The van der Waals surface area contributed by atoms with E-state index in [1.165, 1.54) is 0 Å². The Labute approximate surface area is 115 Å². The molecular weight excluding hydrogens is 254 g/mol. The number of imidazole rings is 1. The summed E-state index contributed by atoms with van der Waals surface area (Å²) in [5, 5.41) is 6.36. The minimum atomic E-state index is 0.565. The molecule has 0 bridgehead atoms. The third-order valence-corrected chi connectivity index (χ3v) is 2.78. The molecule has 0 radical (unpaired) electrons. The van der Waals surface area contributed by atoms with E-state index in [4.69, 9.17) is 0 Å². The fourth-order valence-electron chi connectivity index (χ4n) is 1.88. The van der Waals surface area contributed by atoms with Gasteiger partial charge >= 0.3 is 0 Å². The molecule has 7 heteroatoms. The molecule has 0 spiro atoms. The van der Waals surface area contributed by atoms with Crippen LogP contribution in [0.15, 0.2) is 30.7 Å². The van der Waals surface area contributed by atoms with Crippen LogP contribution in [0.3, 0.4) is 0 Å². The molecule has 3 aromatic rings. The number of H-pyrrole nitrogens is 1. The first kappa shape index (κ1) is 12.3. The van der Waals surface area contributed by atoms with Crippen molar-refractivity contribution >= 4 is 22.9 Å². The van der Waals surface area contributed by atoms with Gasteiger partial charge in [-0.1, -0.05) is 6.07 Å². The monoisotopic (exact) mass is 269 g/mol. The van der Waals surface area contributed by atoms with Gasteiger partial charge in [0.1, 0.15) is 5.52 Å². The minimum Gasteiger partial charge on any atom is -0.362 e. The Morgan fingerprint density at radius 1 is 1.15 bits per heavy atom. The minimum absolute atomic E-state index is 0.565.